The molecule has 1 heterocycles. The molecule has 5 heteroatoms. The molecule has 0 aliphatic carbocycles. The molecule has 0 radical (unpaired) electrons. The molecule has 2 aromatic rings. The summed E-state index contributed by atoms with van der Waals surface area (Å²) >= 11 is 0. The van der Waals surface area contributed by atoms with E-state index in [4.69, 9.17) is 5.73 Å². The molecule has 0 saturated heterocycles. The largest absolute Gasteiger partial charge is 0.383 e. The van der Waals surface area contributed by atoms with Gasteiger partial charge in [-0.3, -0.25) is 0 Å². The Labute approximate surface area is 111 Å². The van der Waals surface area contributed by atoms with Crippen LogP contribution in [-0.4, -0.2) is 9.55 Å². The Bertz CT molecular complexity index is 624. The van der Waals surface area contributed by atoms with E-state index in [-0.39, 0.29) is 11.1 Å². The standard InChI is InChI=1S/C14H17F2N3/c1-8-18-12(13(17)19(8)14(2,3)4)10-6-5-9(15)7-11(10)16/h5-7H,17H2,1-4H3. The minimum absolute atomic E-state index is 0.213. The van der Waals surface area contributed by atoms with Gasteiger partial charge in [0.1, 0.15) is 29.0 Å². The molecule has 2 N–H and O–H groups in total. The summed E-state index contributed by atoms with van der Waals surface area (Å²) in [6.07, 6.45) is 0. The van der Waals surface area contributed by atoms with Crippen LogP contribution in [0.2, 0.25) is 0 Å². The van der Waals surface area contributed by atoms with E-state index in [1.807, 2.05) is 32.3 Å². The average Bonchev–Trinajstić information content (AvgIpc) is 2.53. The van der Waals surface area contributed by atoms with Crippen molar-refractivity contribution in [3.63, 3.8) is 0 Å². The summed E-state index contributed by atoms with van der Waals surface area (Å²) in [6.45, 7) is 7.78. The molecule has 0 aliphatic rings. The number of imidazole rings is 1. The van der Waals surface area contributed by atoms with Crippen LogP contribution in [0.3, 0.4) is 0 Å². The van der Waals surface area contributed by atoms with Gasteiger partial charge in [-0.25, -0.2) is 13.8 Å². The number of benzene rings is 1. The Kier molecular flexibility index (Phi) is 3.08. The summed E-state index contributed by atoms with van der Waals surface area (Å²) in [6, 6.07) is 3.39. The monoisotopic (exact) mass is 265 g/mol. The molecule has 102 valence electrons. The predicted octanol–water partition coefficient (Wildman–Crippen LogP) is 3.47. The van der Waals surface area contributed by atoms with Crippen LogP contribution in [0.1, 0.15) is 26.6 Å². The van der Waals surface area contributed by atoms with Crippen molar-refractivity contribution in [2.75, 3.05) is 5.73 Å². The molecule has 0 unspecified atom stereocenters. The molecular formula is C14H17F2N3. The van der Waals surface area contributed by atoms with Crippen LogP contribution in [-0.2, 0) is 5.54 Å². The van der Waals surface area contributed by atoms with Crippen LogP contribution in [0.5, 0.6) is 0 Å². The fourth-order valence-corrected chi connectivity index (χ4v) is 2.28. The lowest BCUT2D eigenvalue weighted by atomic mass is 10.1. The predicted molar refractivity (Wildman–Crippen MR) is 71.7 cm³/mol. The van der Waals surface area contributed by atoms with E-state index in [1.54, 1.807) is 0 Å². The number of hydrogen-bond acceptors (Lipinski definition) is 2. The number of hydrogen-bond donors (Lipinski definition) is 1. The van der Waals surface area contributed by atoms with Gasteiger partial charge in [-0.2, -0.15) is 0 Å². The number of nitrogens with two attached hydrogens (primary N) is 1. The van der Waals surface area contributed by atoms with E-state index in [0.717, 1.165) is 6.07 Å². The van der Waals surface area contributed by atoms with Gasteiger partial charge in [-0.1, -0.05) is 0 Å². The summed E-state index contributed by atoms with van der Waals surface area (Å²) in [4.78, 5) is 4.31. The first-order chi connectivity index (χ1) is 8.71. The van der Waals surface area contributed by atoms with E-state index < -0.39 is 11.6 Å². The molecule has 2 rings (SSSR count). The third kappa shape index (κ3) is 2.32. The maximum Gasteiger partial charge on any atom is 0.135 e. The first-order valence-electron chi connectivity index (χ1n) is 6.02. The Morgan fingerprint density at radius 1 is 1.21 bits per heavy atom. The van der Waals surface area contributed by atoms with Gasteiger partial charge in [0.25, 0.3) is 0 Å². The second-order valence-electron chi connectivity index (χ2n) is 5.52. The quantitative estimate of drug-likeness (QED) is 0.858. The van der Waals surface area contributed by atoms with Crippen molar-refractivity contribution in [2.24, 2.45) is 0 Å². The van der Waals surface area contributed by atoms with Crippen LogP contribution < -0.4 is 5.73 Å². The molecule has 1 aromatic heterocycles. The van der Waals surface area contributed by atoms with Crippen molar-refractivity contribution in [3.05, 3.63) is 35.7 Å². The van der Waals surface area contributed by atoms with Crippen molar-refractivity contribution >= 4 is 5.82 Å². The van der Waals surface area contributed by atoms with Crippen LogP contribution in [0, 0.1) is 18.6 Å². The number of aromatic nitrogens is 2. The average molecular weight is 265 g/mol. The van der Waals surface area contributed by atoms with Crippen molar-refractivity contribution in [2.45, 2.75) is 33.2 Å². The molecule has 1 aromatic carbocycles. The lowest BCUT2D eigenvalue weighted by molar-refractivity contribution is 0.393. The highest BCUT2D eigenvalue weighted by Crippen LogP contribution is 2.32. The maximum atomic E-state index is 13.8. The number of aryl methyl sites for hydroxylation is 1. The van der Waals surface area contributed by atoms with Gasteiger partial charge in [-0.05, 0) is 39.8 Å². The first kappa shape index (κ1) is 13.5. The summed E-state index contributed by atoms with van der Waals surface area (Å²) in [5.41, 5.74) is 6.38. The Morgan fingerprint density at radius 2 is 1.84 bits per heavy atom. The van der Waals surface area contributed by atoms with Crippen LogP contribution >= 0.6 is 0 Å². The molecular weight excluding hydrogens is 248 g/mol. The molecule has 0 amide bonds. The topological polar surface area (TPSA) is 43.8 Å². The zero-order valence-electron chi connectivity index (χ0n) is 11.5. The maximum absolute atomic E-state index is 13.8. The van der Waals surface area contributed by atoms with Gasteiger partial charge in [0.15, 0.2) is 0 Å². The minimum Gasteiger partial charge on any atom is -0.383 e. The molecule has 3 nitrogen and oxygen atoms in total. The van der Waals surface area contributed by atoms with Gasteiger partial charge in [0, 0.05) is 17.2 Å². The van der Waals surface area contributed by atoms with E-state index in [2.05, 4.69) is 4.98 Å². The lowest BCUT2D eigenvalue weighted by Crippen LogP contribution is -2.24. The number of halogens is 2. The summed E-state index contributed by atoms with van der Waals surface area (Å²) in [7, 11) is 0. The van der Waals surface area contributed by atoms with Gasteiger partial charge in [0.2, 0.25) is 0 Å². The Balaban J connectivity index is 2.65. The van der Waals surface area contributed by atoms with Crippen molar-refractivity contribution in [1.82, 2.24) is 9.55 Å². The van der Waals surface area contributed by atoms with Crippen molar-refractivity contribution in [1.29, 1.82) is 0 Å². The van der Waals surface area contributed by atoms with Crippen molar-refractivity contribution in [3.8, 4) is 11.3 Å². The number of nitrogen functional groups attached to an aromatic ring is 1. The summed E-state index contributed by atoms with van der Waals surface area (Å²) < 4.78 is 28.6. The minimum atomic E-state index is -0.662. The zero-order chi connectivity index (χ0) is 14.4. The lowest BCUT2D eigenvalue weighted by Gasteiger charge is -2.24. The molecule has 19 heavy (non-hydrogen) atoms. The third-order valence-corrected chi connectivity index (χ3v) is 2.94. The van der Waals surface area contributed by atoms with Gasteiger partial charge < -0.3 is 10.3 Å². The van der Waals surface area contributed by atoms with Gasteiger partial charge in [0.05, 0.1) is 0 Å². The number of anilines is 1. The van der Waals surface area contributed by atoms with Crippen LogP contribution in [0.15, 0.2) is 18.2 Å². The van der Waals surface area contributed by atoms with Gasteiger partial charge >= 0.3 is 0 Å². The molecule has 0 atom stereocenters. The van der Waals surface area contributed by atoms with E-state index in [9.17, 15) is 8.78 Å². The molecule has 0 aliphatic heterocycles. The highest BCUT2D eigenvalue weighted by atomic mass is 19.1. The Hall–Kier alpha value is -1.91. The number of nitrogens with zero attached hydrogens (tertiary/aromatic N) is 2. The second-order valence-corrected chi connectivity index (χ2v) is 5.52. The third-order valence-electron chi connectivity index (χ3n) is 2.94. The molecule has 0 bridgehead atoms. The second kappa shape index (κ2) is 4.33. The normalized spacial score (nSPS) is 11.9. The summed E-state index contributed by atoms with van der Waals surface area (Å²) in [5.74, 6) is -0.198. The molecule has 0 saturated carbocycles. The highest BCUT2D eigenvalue weighted by Gasteiger charge is 2.23. The Morgan fingerprint density at radius 3 is 2.32 bits per heavy atom. The molecule has 0 spiro atoms. The van der Waals surface area contributed by atoms with Crippen LogP contribution in [0.4, 0.5) is 14.6 Å². The van der Waals surface area contributed by atoms with Crippen molar-refractivity contribution < 1.29 is 8.78 Å². The van der Waals surface area contributed by atoms with Gasteiger partial charge in [-0.15, -0.1) is 0 Å². The number of rotatable bonds is 1. The smallest absolute Gasteiger partial charge is 0.135 e. The first-order valence-corrected chi connectivity index (χ1v) is 6.02. The van der Waals surface area contributed by atoms with E-state index in [0.29, 0.717) is 17.3 Å². The fourth-order valence-electron chi connectivity index (χ4n) is 2.28. The summed E-state index contributed by atoms with van der Waals surface area (Å²) in [5, 5.41) is 0. The van der Waals surface area contributed by atoms with E-state index >= 15 is 0 Å². The SMILES string of the molecule is Cc1nc(-c2ccc(F)cc2F)c(N)n1C(C)(C)C. The highest BCUT2D eigenvalue weighted by molar-refractivity contribution is 5.71. The fraction of sp³-hybridized carbons (Fsp3) is 0.357. The van der Waals surface area contributed by atoms with E-state index in [1.165, 1.54) is 12.1 Å². The van der Waals surface area contributed by atoms with Crippen LogP contribution in [0.25, 0.3) is 11.3 Å². The molecule has 0 fully saturated rings. The zero-order valence-corrected chi connectivity index (χ0v) is 11.5.